The van der Waals surface area contributed by atoms with Gasteiger partial charge in [-0.15, -0.1) is 0 Å². The van der Waals surface area contributed by atoms with Gasteiger partial charge in [-0.05, 0) is 44.5 Å². The molecule has 1 aromatic heterocycles. The molecule has 5 nitrogen and oxygen atoms in total. The van der Waals surface area contributed by atoms with Crippen LogP contribution in [0.25, 0.3) is 0 Å². The van der Waals surface area contributed by atoms with Crippen molar-refractivity contribution < 1.29 is 8.42 Å². The molecule has 112 valence electrons. The lowest BCUT2D eigenvalue weighted by atomic mass is 10.1. The second-order valence-corrected chi connectivity index (χ2v) is 7.41. The Morgan fingerprint density at radius 1 is 1.50 bits per heavy atom. The topological polar surface area (TPSA) is 53.5 Å². The quantitative estimate of drug-likeness (QED) is 0.797. The highest BCUT2D eigenvalue weighted by Crippen LogP contribution is 2.24. The van der Waals surface area contributed by atoms with Gasteiger partial charge in [-0.1, -0.05) is 6.92 Å². The van der Waals surface area contributed by atoms with Gasteiger partial charge < -0.3 is 4.90 Å². The maximum Gasteiger partial charge on any atom is 0.244 e. The Labute approximate surface area is 121 Å². The van der Waals surface area contributed by atoms with Crippen LogP contribution in [-0.4, -0.2) is 55.8 Å². The molecule has 1 saturated heterocycles. The molecule has 0 amide bonds. The van der Waals surface area contributed by atoms with Crippen molar-refractivity contribution in [3.8, 4) is 0 Å². The van der Waals surface area contributed by atoms with Crippen LogP contribution in [0.5, 0.6) is 0 Å². The summed E-state index contributed by atoms with van der Waals surface area (Å²) in [5.41, 5.74) is 0. The molecule has 0 aromatic carbocycles. The average Bonchev–Trinajstić information content (AvgIpc) is 2.89. The van der Waals surface area contributed by atoms with Crippen LogP contribution >= 0.6 is 0 Å². The minimum Gasteiger partial charge on any atom is -0.306 e. The van der Waals surface area contributed by atoms with Gasteiger partial charge >= 0.3 is 0 Å². The molecule has 0 N–H and O–H groups in total. The van der Waals surface area contributed by atoms with E-state index < -0.39 is 10.0 Å². The van der Waals surface area contributed by atoms with Crippen molar-refractivity contribution in [2.75, 3.05) is 33.2 Å². The number of nitrogens with zero attached hydrogens (tertiary/aromatic N) is 3. The first-order chi connectivity index (χ1) is 9.54. The molecule has 6 heteroatoms. The molecule has 0 spiro atoms. The molecular formula is C14H23N3O2S. The van der Waals surface area contributed by atoms with Crippen molar-refractivity contribution in [2.24, 2.45) is 5.92 Å². The Balaban J connectivity index is 1.99. The molecule has 0 radical (unpaired) electrons. The van der Waals surface area contributed by atoms with Gasteiger partial charge in [0.2, 0.25) is 10.0 Å². The molecule has 2 rings (SSSR count). The van der Waals surface area contributed by atoms with E-state index >= 15 is 0 Å². The second kappa shape index (κ2) is 6.65. The van der Waals surface area contributed by atoms with Crippen LogP contribution in [0.4, 0.5) is 0 Å². The second-order valence-electron chi connectivity index (χ2n) is 5.47. The highest BCUT2D eigenvalue weighted by Gasteiger charge is 2.32. The first-order valence-electron chi connectivity index (χ1n) is 7.12. The third kappa shape index (κ3) is 3.56. The monoisotopic (exact) mass is 297 g/mol. The van der Waals surface area contributed by atoms with Crippen LogP contribution in [-0.2, 0) is 10.0 Å². The maximum absolute atomic E-state index is 12.5. The fourth-order valence-electron chi connectivity index (χ4n) is 2.73. The van der Waals surface area contributed by atoms with E-state index in [0.29, 0.717) is 23.9 Å². The van der Waals surface area contributed by atoms with E-state index in [9.17, 15) is 8.42 Å². The lowest BCUT2D eigenvalue weighted by Gasteiger charge is -2.21. The molecular weight excluding hydrogens is 274 g/mol. The Kier molecular flexibility index (Phi) is 5.12. The standard InChI is InChI=1S/C14H23N3O2S/c1-3-8-16(2)11-13-6-9-17(12-13)20(18,19)14-5-4-7-15-10-14/h4-5,7,10,13H,3,6,8-9,11-12H2,1-2H3/t13-/m1/s1. The number of rotatable bonds is 6. The van der Waals surface area contributed by atoms with E-state index in [1.807, 2.05) is 0 Å². The molecule has 0 bridgehead atoms. The number of hydrogen-bond donors (Lipinski definition) is 0. The molecule has 2 heterocycles. The van der Waals surface area contributed by atoms with Gasteiger partial charge in [0.25, 0.3) is 0 Å². The van der Waals surface area contributed by atoms with Crippen molar-refractivity contribution in [3.63, 3.8) is 0 Å². The highest BCUT2D eigenvalue weighted by molar-refractivity contribution is 7.89. The highest BCUT2D eigenvalue weighted by atomic mass is 32.2. The predicted molar refractivity (Wildman–Crippen MR) is 78.9 cm³/mol. The summed E-state index contributed by atoms with van der Waals surface area (Å²) < 4.78 is 26.5. The SMILES string of the molecule is CCCN(C)C[C@H]1CCN(S(=O)(=O)c2cccnc2)C1. The smallest absolute Gasteiger partial charge is 0.244 e. The van der Waals surface area contributed by atoms with Gasteiger partial charge in [-0.25, -0.2) is 8.42 Å². The summed E-state index contributed by atoms with van der Waals surface area (Å²) in [5, 5.41) is 0. The van der Waals surface area contributed by atoms with E-state index in [1.165, 1.54) is 6.20 Å². The van der Waals surface area contributed by atoms with Crippen LogP contribution in [0.2, 0.25) is 0 Å². The van der Waals surface area contributed by atoms with E-state index in [2.05, 4.69) is 23.9 Å². The molecule has 0 aliphatic carbocycles. The summed E-state index contributed by atoms with van der Waals surface area (Å²) in [5.74, 6) is 0.429. The van der Waals surface area contributed by atoms with E-state index in [-0.39, 0.29) is 0 Å². The molecule has 0 saturated carbocycles. The molecule has 1 aliphatic rings. The van der Waals surface area contributed by atoms with Crippen LogP contribution in [0.1, 0.15) is 19.8 Å². The lowest BCUT2D eigenvalue weighted by molar-refractivity contribution is 0.281. The summed E-state index contributed by atoms with van der Waals surface area (Å²) in [6, 6.07) is 3.27. The number of hydrogen-bond acceptors (Lipinski definition) is 4. The van der Waals surface area contributed by atoms with Gasteiger partial charge in [0.05, 0.1) is 0 Å². The molecule has 1 atom stereocenters. The van der Waals surface area contributed by atoms with Gasteiger partial charge in [0.15, 0.2) is 0 Å². The van der Waals surface area contributed by atoms with E-state index in [4.69, 9.17) is 0 Å². The largest absolute Gasteiger partial charge is 0.306 e. The van der Waals surface area contributed by atoms with Crippen LogP contribution in [0.3, 0.4) is 0 Å². The Hall–Kier alpha value is -0.980. The van der Waals surface area contributed by atoms with Gasteiger partial charge in [0, 0.05) is 32.0 Å². The predicted octanol–water partition coefficient (Wildman–Crippen LogP) is 1.43. The molecule has 20 heavy (non-hydrogen) atoms. The number of pyridine rings is 1. The van der Waals surface area contributed by atoms with Crippen molar-refractivity contribution >= 4 is 10.0 Å². The van der Waals surface area contributed by atoms with E-state index in [0.717, 1.165) is 25.9 Å². The zero-order valence-corrected chi connectivity index (χ0v) is 13.0. The molecule has 0 unspecified atom stereocenters. The van der Waals surface area contributed by atoms with Crippen LogP contribution < -0.4 is 0 Å². The van der Waals surface area contributed by atoms with Gasteiger partial charge in [-0.2, -0.15) is 4.31 Å². The molecule has 1 aliphatic heterocycles. The first-order valence-corrected chi connectivity index (χ1v) is 8.56. The van der Waals surface area contributed by atoms with Crippen LogP contribution in [0.15, 0.2) is 29.4 Å². The van der Waals surface area contributed by atoms with Crippen molar-refractivity contribution in [1.29, 1.82) is 0 Å². The fourth-order valence-corrected chi connectivity index (χ4v) is 4.22. The minimum atomic E-state index is -3.37. The number of aromatic nitrogens is 1. The third-order valence-corrected chi connectivity index (χ3v) is 5.54. The van der Waals surface area contributed by atoms with Gasteiger partial charge in [-0.3, -0.25) is 4.98 Å². The van der Waals surface area contributed by atoms with Gasteiger partial charge in [0.1, 0.15) is 4.90 Å². The third-order valence-electron chi connectivity index (χ3n) is 3.70. The Morgan fingerprint density at radius 2 is 2.30 bits per heavy atom. The van der Waals surface area contributed by atoms with Crippen molar-refractivity contribution in [3.05, 3.63) is 24.5 Å². The zero-order chi connectivity index (χ0) is 14.6. The summed E-state index contributed by atoms with van der Waals surface area (Å²) in [4.78, 5) is 6.48. The Bertz CT molecular complexity index is 518. The minimum absolute atomic E-state index is 0.294. The Morgan fingerprint density at radius 3 is 2.95 bits per heavy atom. The lowest BCUT2D eigenvalue weighted by Crippen LogP contribution is -2.32. The normalized spacial score (nSPS) is 20.6. The van der Waals surface area contributed by atoms with Crippen molar-refractivity contribution in [1.82, 2.24) is 14.2 Å². The summed E-state index contributed by atoms with van der Waals surface area (Å²) in [7, 11) is -1.27. The summed E-state index contributed by atoms with van der Waals surface area (Å²) >= 11 is 0. The van der Waals surface area contributed by atoms with E-state index in [1.54, 1.807) is 22.6 Å². The number of sulfonamides is 1. The molecule has 1 aromatic rings. The van der Waals surface area contributed by atoms with Crippen LogP contribution in [0, 0.1) is 5.92 Å². The van der Waals surface area contributed by atoms with Crippen molar-refractivity contribution in [2.45, 2.75) is 24.7 Å². The fraction of sp³-hybridized carbons (Fsp3) is 0.643. The molecule has 1 fully saturated rings. The zero-order valence-electron chi connectivity index (χ0n) is 12.2. The average molecular weight is 297 g/mol. The summed E-state index contributed by atoms with van der Waals surface area (Å²) in [6.45, 7) is 5.41. The maximum atomic E-state index is 12.5. The summed E-state index contributed by atoms with van der Waals surface area (Å²) in [6.07, 6.45) is 5.08. The first kappa shape index (κ1) is 15.4.